The fourth-order valence-corrected chi connectivity index (χ4v) is 4.01. The lowest BCUT2D eigenvalue weighted by atomic mass is 10.2. The molecule has 0 saturated heterocycles. The van der Waals surface area contributed by atoms with Crippen molar-refractivity contribution in [1.29, 1.82) is 0 Å². The standard InChI is InChI=1S/C16H13ClN2OS2/c1-10-14(22-16(19-10)13-6-3-7-21-13)15(20)18-9-11-4-2-5-12(17)8-11/h2-8H,9H2,1H3,(H,18,20). The molecule has 0 fully saturated rings. The molecule has 22 heavy (non-hydrogen) atoms. The van der Waals surface area contributed by atoms with Crippen molar-refractivity contribution in [2.45, 2.75) is 13.5 Å². The van der Waals surface area contributed by atoms with Gasteiger partial charge in [-0.3, -0.25) is 4.79 Å². The summed E-state index contributed by atoms with van der Waals surface area (Å²) in [4.78, 5) is 18.6. The molecule has 0 bridgehead atoms. The summed E-state index contributed by atoms with van der Waals surface area (Å²) in [7, 11) is 0. The second-order valence-electron chi connectivity index (χ2n) is 4.72. The van der Waals surface area contributed by atoms with Gasteiger partial charge >= 0.3 is 0 Å². The Hall–Kier alpha value is -1.69. The zero-order valence-electron chi connectivity index (χ0n) is 11.8. The number of nitrogens with one attached hydrogen (secondary N) is 1. The van der Waals surface area contributed by atoms with Crippen LogP contribution in [0.15, 0.2) is 41.8 Å². The lowest BCUT2D eigenvalue weighted by molar-refractivity contribution is 0.0954. The minimum absolute atomic E-state index is 0.0993. The van der Waals surface area contributed by atoms with Crippen molar-refractivity contribution in [2.75, 3.05) is 0 Å². The summed E-state index contributed by atoms with van der Waals surface area (Å²) in [6.45, 7) is 2.31. The van der Waals surface area contributed by atoms with E-state index in [0.717, 1.165) is 21.1 Å². The van der Waals surface area contributed by atoms with E-state index >= 15 is 0 Å². The largest absolute Gasteiger partial charge is 0.347 e. The molecule has 1 N–H and O–H groups in total. The van der Waals surface area contributed by atoms with Gasteiger partial charge in [-0.05, 0) is 36.1 Å². The van der Waals surface area contributed by atoms with Gasteiger partial charge in [-0.1, -0.05) is 29.8 Å². The van der Waals surface area contributed by atoms with Crippen molar-refractivity contribution in [3.63, 3.8) is 0 Å². The number of nitrogens with zero attached hydrogens (tertiary/aromatic N) is 1. The second kappa shape index (κ2) is 6.60. The Morgan fingerprint density at radius 2 is 2.18 bits per heavy atom. The fourth-order valence-electron chi connectivity index (χ4n) is 2.02. The van der Waals surface area contributed by atoms with E-state index in [1.165, 1.54) is 11.3 Å². The average molecular weight is 349 g/mol. The molecule has 0 aliphatic carbocycles. The molecule has 3 aromatic rings. The molecule has 2 aromatic heterocycles. The van der Waals surface area contributed by atoms with E-state index in [1.807, 2.05) is 48.7 Å². The van der Waals surface area contributed by atoms with Gasteiger partial charge in [0, 0.05) is 11.6 Å². The fraction of sp³-hybridized carbons (Fsp3) is 0.125. The Morgan fingerprint density at radius 3 is 2.91 bits per heavy atom. The third kappa shape index (κ3) is 3.38. The minimum atomic E-state index is -0.0993. The molecule has 3 rings (SSSR count). The molecule has 2 heterocycles. The highest BCUT2D eigenvalue weighted by molar-refractivity contribution is 7.22. The van der Waals surface area contributed by atoms with Gasteiger partial charge in [0.1, 0.15) is 9.88 Å². The van der Waals surface area contributed by atoms with E-state index in [4.69, 9.17) is 11.6 Å². The lowest BCUT2D eigenvalue weighted by Gasteiger charge is -2.04. The maximum atomic E-state index is 12.3. The number of carbonyl (C=O) groups is 1. The first kappa shape index (κ1) is 15.2. The average Bonchev–Trinajstić information content (AvgIpc) is 3.14. The lowest BCUT2D eigenvalue weighted by Crippen LogP contribution is -2.22. The third-order valence-corrected chi connectivity index (χ3v) is 5.51. The van der Waals surface area contributed by atoms with Crippen molar-refractivity contribution >= 4 is 40.2 Å². The summed E-state index contributed by atoms with van der Waals surface area (Å²) in [5.41, 5.74) is 1.73. The molecule has 1 aromatic carbocycles. The Morgan fingerprint density at radius 1 is 1.32 bits per heavy atom. The molecule has 1 amide bonds. The molecule has 3 nitrogen and oxygen atoms in total. The van der Waals surface area contributed by atoms with E-state index in [0.29, 0.717) is 16.4 Å². The summed E-state index contributed by atoms with van der Waals surface area (Å²) in [5, 5.41) is 6.48. The van der Waals surface area contributed by atoms with Crippen LogP contribution in [0.1, 0.15) is 20.9 Å². The summed E-state index contributed by atoms with van der Waals surface area (Å²) in [6.07, 6.45) is 0. The van der Waals surface area contributed by atoms with E-state index in [1.54, 1.807) is 11.3 Å². The van der Waals surface area contributed by atoms with Gasteiger partial charge in [-0.25, -0.2) is 4.98 Å². The summed E-state index contributed by atoms with van der Waals surface area (Å²) in [6, 6.07) is 11.5. The number of aryl methyl sites for hydroxylation is 1. The number of thiazole rings is 1. The monoisotopic (exact) mass is 348 g/mol. The Kier molecular flexibility index (Phi) is 4.57. The van der Waals surface area contributed by atoms with Crippen molar-refractivity contribution in [3.8, 4) is 9.88 Å². The zero-order valence-corrected chi connectivity index (χ0v) is 14.2. The number of carbonyl (C=O) groups excluding carboxylic acids is 1. The number of rotatable bonds is 4. The van der Waals surface area contributed by atoms with Crippen molar-refractivity contribution in [3.05, 3.63) is 62.9 Å². The van der Waals surface area contributed by atoms with Crippen LogP contribution in [0.2, 0.25) is 5.02 Å². The van der Waals surface area contributed by atoms with Crippen molar-refractivity contribution in [1.82, 2.24) is 10.3 Å². The van der Waals surface area contributed by atoms with Gasteiger partial charge in [0.2, 0.25) is 0 Å². The van der Waals surface area contributed by atoms with Gasteiger partial charge in [-0.15, -0.1) is 22.7 Å². The summed E-state index contributed by atoms with van der Waals surface area (Å²) >= 11 is 8.99. The molecule has 0 radical (unpaired) electrons. The quantitative estimate of drug-likeness (QED) is 0.738. The SMILES string of the molecule is Cc1nc(-c2cccs2)sc1C(=O)NCc1cccc(Cl)c1. The first-order valence-corrected chi connectivity index (χ1v) is 8.75. The topological polar surface area (TPSA) is 42.0 Å². The Bertz CT molecular complexity index is 796. The van der Waals surface area contributed by atoms with Crippen LogP contribution in [-0.2, 0) is 6.54 Å². The van der Waals surface area contributed by atoms with E-state index in [-0.39, 0.29) is 5.91 Å². The Labute approximate surface area is 141 Å². The number of hydrogen-bond acceptors (Lipinski definition) is 4. The molecule has 0 aliphatic heterocycles. The van der Waals surface area contributed by atoms with Crippen LogP contribution in [0.3, 0.4) is 0 Å². The summed E-state index contributed by atoms with van der Waals surface area (Å²) in [5.74, 6) is -0.0993. The molecule has 0 saturated carbocycles. The smallest absolute Gasteiger partial charge is 0.263 e. The van der Waals surface area contributed by atoms with Crippen molar-refractivity contribution in [2.24, 2.45) is 0 Å². The predicted molar refractivity (Wildman–Crippen MR) is 92.8 cm³/mol. The van der Waals surface area contributed by atoms with Crippen LogP contribution < -0.4 is 5.32 Å². The van der Waals surface area contributed by atoms with Gasteiger partial charge in [0.05, 0.1) is 10.6 Å². The van der Waals surface area contributed by atoms with Crippen molar-refractivity contribution < 1.29 is 4.79 Å². The number of benzene rings is 1. The molecular formula is C16H13ClN2OS2. The highest BCUT2D eigenvalue weighted by Crippen LogP contribution is 2.31. The highest BCUT2D eigenvalue weighted by atomic mass is 35.5. The zero-order chi connectivity index (χ0) is 15.5. The normalized spacial score (nSPS) is 10.6. The van der Waals surface area contributed by atoms with Gasteiger partial charge in [-0.2, -0.15) is 0 Å². The molecule has 6 heteroatoms. The molecule has 0 unspecified atom stereocenters. The minimum Gasteiger partial charge on any atom is -0.347 e. The number of halogens is 1. The number of aromatic nitrogens is 1. The van der Waals surface area contributed by atoms with Crippen LogP contribution in [0, 0.1) is 6.92 Å². The van der Waals surface area contributed by atoms with Crippen LogP contribution >= 0.6 is 34.3 Å². The third-order valence-electron chi connectivity index (χ3n) is 3.08. The highest BCUT2D eigenvalue weighted by Gasteiger charge is 2.16. The molecular weight excluding hydrogens is 336 g/mol. The van der Waals surface area contributed by atoms with Crippen LogP contribution in [0.25, 0.3) is 9.88 Å². The maximum absolute atomic E-state index is 12.3. The van der Waals surface area contributed by atoms with E-state index in [9.17, 15) is 4.79 Å². The van der Waals surface area contributed by atoms with Gasteiger partial charge < -0.3 is 5.32 Å². The summed E-state index contributed by atoms with van der Waals surface area (Å²) < 4.78 is 0. The molecule has 0 spiro atoms. The first-order chi connectivity index (χ1) is 10.6. The van der Waals surface area contributed by atoms with Crippen LogP contribution in [-0.4, -0.2) is 10.9 Å². The van der Waals surface area contributed by atoms with E-state index in [2.05, 4.69) is 10.3 Å². The van der Waals surface area contributed by atoms with Gasteiger partial charge in [0.15, 0.2) is 0 Å². The predicted octanol–water partition coefficient (Wildman–Crippen LogP) is 4.76. The number of hydrogen-bond donors (Lipinski definition) is 1. The molecule has 0 aliphatic rings. The number of amides is 1. The van der Waals surface area contributed by atoms with Crippen LogP contribution in [0.4, 0.5) is 0 Å². The van der Waals surface area contributed by atoms with Gasteiger partial charge in [0.25, 0.3) is 5.91 Å². The molecule has 0 atom stereocenters. The van der Waals surface area contributed by atoms with Crippen LogP contribution in [0.5, 0.6) is 0 Å². The Balaban J connectivity index is 1.72. The second-order valence-corrected chi connectivity index (χ2v) is 7.11. The van der Waals surface area contributed by atoms with E-state index < -0.39 is 0 Å². The molecule has 112 valence electrons. The maximum Gasteiger partial charge on any atom is 0.263 e. The first-order valence-electron chi connectivity index (χ1n) is 6.67. The number of thiophene rings is 1.